The minimum atomic E-state index is -3.88. The van der Waals surface area contributed by atoms with Crippen LogP contribution in [-0.4, -0.2) is 24.5 Å². The smallest absolute Gasteiger partial charge is 0.335 e. The Hall–Kier alpha value is -2.41. The summed E-state index contributed by atoms with van der Waals surface area (Å²) in [6.45, 7) is 3.22. The van der Waals surface area contributed by atoms with E-state index in [1.54, 1.807) is 19.2 Å². The first-order valence-corrected chi connectivity index (χ1v) is 7.57. The molecule has 0 spiro atoms. The summed E-state index contributed by atoms with van der Waals surface area (Å²) in [5.41, 5.74) is 1.23. The van der Waals surface area contributed by atoms with Crippen LogP contribution in [-0.2, 0) is 10.0 Å². The summed E-state index contributed by atoms with van der Waals surface area (Å²) in [6.07, 6.45) is 2.96. The van der Waals surface area contributed by atoms with Gasteiger partial charge in [-0.15, -0.1) is 0 Å². The Balaban J connectivity index is 2.48. The van der Waals surface area contributed by atoms with Gasteiger partial charge in [0.2, 0.25) is 0 Å². The number of anilines is 1. The molecule has 2 N–H and O–H groups in total. The van der Waals surface area contributed by atoms with Gasteiger partial charge in [0.1, 0.15) is 0 Å². The molecule has 1 aromatic heterocycles. The average molecular weight is 306 g/mol. The average Bonchev–Trinajstić information content (AvgIpc) is 2.41. The molecule has 0 bridgehead atoms. The summed E-state index contributed by atoms with van der Waals surface area (Å²) in [5.74, 6) is -1.16. The SMILES string of the molecule is Cc1ccncc1NS(=O)(=O)c1cccc(C(=O)O)c1C. The van der Waals surface area contributed by atoms with E-state index < -0.39 is 16.0 Å². The Morgan fingerprint density at radius 2 is 1.95 bits per heavy atom. The Kier molecular flexibility index (Phi) is 3.95. The Labute approximate surface area is 122 Å². The number of aryl methyl sites for hydroxylation is 1. The molecular formula is C14H14N2O4S. The van der Waals surface area contributed by atoms with Crippen molar-refractivity contribution >= 4 is 21.7 Å². The maximum absolute atomic E-state index is 12.4. The fourth-order valence-electron chi connectivity index (χ4n) is 1.91. The van der Waals surface area contributed by atoms with Gasteiger partial charge in [-0.1, -0.05) is 6.07 Å². The van der Waals surface area contributed by atoms with Gasteiger partial charge in [-0.05, 0) is 43.2 Å². The highest BCUT2D eigenvalue weighted by molar-refractivity contribution is 7.92. The number of carboxylic acid groups (broad SMARTS) is 1. The largest absolute Gasteiger partial charge is 0.478 e. The Morgan fingerprint density at radius 1 is 1.24 bits per heavy atom. The van der Waals surface area contributed by atoms with Crippen molar-refractivity contribution in [3.8, 4) is 0 Å². The van der Waals surface area contributed by atoms with Crippen LogP contribution in [0.2, 0.25) is 0 Å². The molecule has 6 nitrogen and oxygen atoms in total. The van der Waals surface area contributed by atoms with Crippen LogP contribution in [0.4, 0.5) is 5.69 Å². The number of benzene rings is 1. The molecule has 0 saturated carbocycles. The van der Waals surface area contributed by atoms with Gasteiger partial charge in [-0.25, -0.2) is 13.2 Å². The van der Waals surface area contributed by atoms with E-state index in [2.05, 4.69) is 9.71 Å². The van der Waals surface area contributed by atoms with Crippen molar-refractivity contribution in [3.63, 3.8) is 0 Å². The first-order chi connectivity index (χ1) is 9.83. The standard InChI is InChI=1S/C14H14N2O4S/c1-9-6-7-15-8-12(9)16-21(19,20)13-5-3-4-11(10(13)2)14(17)18/h3-8,16H,1-2H3,(H,17,18). The first-order valence-electron chi connectivity index (χ1n) is 6.09. The summed E-state index contributed by atoms with van der Waals surface area (Å²) in [7, 11) is -3.88. The topological polar surface area (TPSA) is 96.4 Å². The van der Waals surface area contributed by atoms with Crippen molar-refractivity contribution < 1.29 is 18.3 Å². The van der Waals surface area contributed by atoms with Crippen molar-refractivity contribution in [1.29, 1.82) is 0 Å². The highest BCUT2D eigenvalue weighted by Crippen LogP contribution is 2.23. The Morgan fingerprint density at radius 3 is 2.57 bits per heavy atom. The maximum Gasteiger partial charge on any atom is 0.335 e. The van der Waals surface area contributed by atoms with Crippen molar-refractivity contribution in [2.24, 2.45) is 0 Å². The van der Waals surface area contributed by atoms with Gasteiger partial charge in [-0.3, -0.25) is 9.71 Å². The van der Waals surface area contributed by atoms with Gasteiger partial charge < -0.3 is 5.11 Å². The normalized spacial score (nSPS) is 11.1. The number of hydrogen-bond donors (Lipinski definition) is 2. The minimum absolute atomic E-state index is 0.0409. The zero-order valence-corrected chi connectivity index (χ0v) is 12.3. The van der Waals surface area contributed by atoms with Crippen molar-refractivity contribution in [2.75, 3.05) is 4.72 Å². The molecule has 0 fully saturated rings. The second-order valence-electron chi connectivity index (χ2n) is 4.53. The lowest BCUT2D eigenvalue weighted by atomic mass is 10.1. The van der Waals surface area contributed by atoms with Crippen LogP contribution in [0.25, 0.3) is 0 Å². The van der Waals surface area contributed by atoms with Crippen molar-refractivity contribution in [2.45, 2.75) is 18.7 Å². The van der Waals surface area contributed by atoms with Gasteiger partial charge in [0.05, 0.1) is 22.3 Å². The van der Waals surface area contributed by atoms with Crippen molar-refractivity contribution in [1.82, 2.24) is 4.98 Å². The Bertz CT molecular complexity index is 800. The lowest BCUT2D eigenvalue weighted by Gasteiger charge is -2.12. The van der Waals surface area contributed by atoms with E-state index in [-0.39, 0.29) is 16.0 Å². The third kappa shape index (κ3) is 3.03. The van der Waals surface area contributed by atoms with Gasteiger partial charge >= 0.3 is 5.97 Å². The van der Waals surface area contributed by atoms with Crippen LogP contribution >= 0.6 is 0 Å². The summed E-state index contributed by atoms with van der Waals surface area (Å²) in [4.78, 5) is 14.9. The monoisotopic (exact) mass is 306 g/mol. The highest BCUT2D eigenvalue weighted by atomic mass is 32.2. The van der Waals surface area contributed by atoms with Crippen molar-refractivity contribution in [3.05, 3.63) is 53.3 Å². The molecule has 0 unspecified atom stereocenters. The molecule has 1 heterocycles. The molecular weight excluding hydrogens is 292 g/mol. The lowest BCUT2D eigenvalue weighted by Crippen LogP contribution is -2.16. The van der Waals surface area contributed by atoms with Crippen LogP contribution in [0.15, 0.2) is 41.6 Å². The first kappa shape index (κ1) is 15.0. The number of rotatable bonds is 4. The fourth-order valence-corrected chi connectivity index (χ4v) is 3.29. The van der Waals surface area contributed by atoms with Gasteiger partial charge in [0, 0.05) is 6.20 Å². The predicted octanol–water partition coefficient (Wildman–Crippen LogP) is 2.20. The number of carbonyl (C=O) groups is 1. The number of sulfonamides is 1. The lowest BCUT2D eigenvalue weighted by molar-refractivity contribution is 0.0696. The molecule has 2 aromatic rings. The number of carboxylic acids is 1. The van der Waals surface area contributed by atoms with E-state index in [0.29, 0.717) is 5.69 Å². The molecule has 0 saturated heterocycles. The summed E-state index contributed by atoms with van der Waals surface area (Å²) in [5, 5.41) is 9.06. The number of hydrogen-bond acceptors (Lipinski definition) is 4. The molecule has 21 heavy (non-hydrogen) atoms. The van der Waals surface area contributed by atoms with Gasteiger partial charge in [-0.2, -0.15) is 0 Å². The van der Waals surface area contributed by atoms with Crippen LogP contribution in [0, 0.1) is 13.8 Å². The van der Waals surface area contributed by atoms with E-state index in [1.165, 1.54) is 31.3 Å². The van der Waals surface area contributed by atoms with E-state index in [4.69, 9.17) is 5.11 Å². The summed E-state index contributed by atoms with van der Waals surface area (Å²) in [6, 6.07) is 5.82. The quantitative estimate of drug-likeness (QED) is 0.902. The van der Waals surface area contributed by atoms with Crippen LogP contribution in [0.5, 0.6) is 0 Å². The summed E-state index contributed by atoms with van der Waals surface area (Å²) < 4.78 is 27.3. The maximum atomic E-state index is 12.4. The number of aromatic carboxylic acids is 1. The van der Waals surface area contributed by atoms with Crippen LogP contribution < -0.4 is 4.72 Å². The van der Waals surface area contributed by atoms with Crippen LogP contribution in [0.3, 0.4) is 0 Å². The second kappa shape index (κ2) is 5.53. The van der Waals surface area contributed by atoms with Gasteiger partial charge in [0.25, 0.3) is 10.0 Å². The third-order valence-electron chi connectivity index (χ3n) is 3.09. The van der Waals surface area contributed by atoms with Crippen LogP contribution in [0.1, 0.15) is 21.5 Å². The zero-order valence-electron chi connectivity index (χ0n) is 11.5. The molecule has 0 atom stereocenters. The summed E-state index contributed by atoms with van der Waals surface area (Å²) >= 11 is 0. The second-order valence-corrected chi connectivity index (χ2v) is 6.18. The number of aromatic nitrogens is 1. The molecule has 0 radical (unpaired) electrons. The van der Waals surface area contributed by atoms with E-state index >= 15 is 0 Å². The molecule has 1 aromatic carbocycles. The number of nitrogens with zero attached hydrogens (tertiary/aromatic N) is 1. The van der Waals surface area contributed by atoms with E-state index in [9.17, 15) is 13.2 Å². The molecule has 0 aliphatic heterocycles. The zero-order chi connectivity index (χ0) is 15.6. The van der Waals surface area contributed by atoms with Gasteiger partial charge in [0.15, 0.2) is 0 Å². The number of pyridine rings is 1. The van der Waals surface area contributed by atoms with E-state index in [1.807, 2.05) is 0 Å². The molecule has 2 rings (SSSR count). The number of nitrogens with one attached hydrogen (secondary N) is 1. The molecule has 7 heteroatoms. The third-order valence-corrected chi connectivity index (χ3v) is 4.60. The van der Waals surface area contributed by atoms with E-state index in [0.717, 1.165) is 5.56 Å². The predicted molar refractivity (Wildman–Crippen MR) is 77.9 cm³/mol. The molecule has 0 aliphatic carbocycles. The molecule has 0 aliphatic rings. The molecule has 110 valence electrons. The highest BCUT2D eigenvalue weighted by Gasteiger charge is 2.21. The fraction of sp³-hybridized carbons (Fsp3) is 0.143. The minimum Gasteiger partial charge on any atom is -0.478 e. The molecule has 0 amide bonds.